The van der Waals surface area contributed by atoms with Crippen LogP contribution in [0.25, 0.3) is 91.2 Å². The van der Waals surface area contributed by atoms with Gasteiger partial charge in [0.05, 0.1) is 36.9 Å². The average molecular weight is 1520 g/mol. The van der Waals surface area contributed by atoms with E-state index in [0.717, 1.165) is 95.5 Å². The number of amides is 4. The van der Waals surface area contributed by atoms with Crippen LogP contribution in [0.15, 0.2) is 72.8 Å². The van der Waals surface area contributed by atoms with Crippen molar-refractivity contribution >= 4 is 134 Å². The summed E-state index contributed by atoms with van der Waals surface area (Å²) in [4.78, 5) is 74.3. The van der Waals surface area contributed by atoms with Crippen LogP contribution in [0.2, 0.25) is 0 Å². The molecule has 4 amide bonds. The Labute approximate surface area is 637 Å². The van der Waals surface area contributed by atoms with E-state index in [-0.39, 0.29) is 34.8 Å². The van der Waals surface area contributed by atoms with Gasteiger partial charge in [0.15, 0.2) is 0 Å². The van der Waals surface area contributed by atoms with Gasteiger partial charge < -0.3 is 0 Å². The molecule has 10 aromatic rings. The van der Waals surface area contributed by atoms with Crippen LogP contribution in [-0.2, 0) is 12.8 Å². The molecule has 0 bridgehead atoms. The number of thiophene rings is 8. The van der Waals surface area contributed by atoms with Gasteiger partial charge in [-0.15, -0.1) is 90.7 Å². The lowest BCUT2D eigenvalue weighted by Crippen LogP contribution is -2.31. The van der Waals surface area contributed by atoms with E-state index in [1.807, 2.05) is 59.1 Å². The van der Waals surface area contributed by atoms with E-state index in [0.29, 0.717) is 71.6 Å². The highest BCUT2D eigenvalue weighted by Gasteiger charge is 2.44. The van der Waals surface area contributed by atoms with Gasteiger partial charge in [-0.25, -0.2) is 8.78 Å². The molecule has 2 atom stereocenters. The summed E-state index contributed by atoms with van der Waals surface area (Å²) in [5, 5.41) is 2.42. The molecule has 8 aromatic heterocycles. The minimum absolute atomic E-state index is 0.103. The third-order valence-electron chi connectivity index (χ3n) is 21.2. The number of aryl methyl sites for hydroxylation is 2. The number of hydrogen-bond acceptors (Lipinski definition) is 12. The molecular formula is C86H102F2N2O4S8. The van der Waals surface area contributed by atoms with Crippen molar-refractivity contribution in [1.29, 1.82) is 0 Å². The predicted octanol–water partition coefficient (Wildman–Crippen LogP) is 29.6. The normalized spacial score (nSPS) is 13.8. The van der Waals surface area contributed by atoms with Crippen LogP contribution in [-0.4, -0.2) is 46.5 Å². The first-order chi connectivity index (χ1) is 49.7. The smallest absolute Gasteiger partial charge is 0.263 e. The number of carbonyl (C=O) groups excluding carboxylic acids is 4. The molecule has 2 aromatic carbocycles. The fraction of sp³-hybridized carbons (Fsp3) is 0.488. The number of nitrogens with zero attached hydrogens (tertiary/aromatic N) is 2. The molecule has 16 heteroatoms. The second kappa shape index (κ2) is 35.9. The Morgan fingerprint density at radius 3 is 1.17 bits per heavy atom. The van der Waals surface area contributed by atoms with Gasteiger partial charge in [0.1, 0.15) is 11.6 Å². The molecule has 2 aliphatic rings. The highest BCUT2D eigenvalue weighted by molar-refractivity contribution is 7.30. The third kappa shape index (κ3) is 16.8. The molecule has 542 valence electrons. The fourth-order valence-electron chi connectivity index (χ4n) is 15.3. The summed E-state index contributed by atoms with van der Waals surface area (Å²) in [5.74, 6) is -0.999. The fourth-order valence-corrected chi connectivity index (χ4v) is 25.0. The van der Waals surface area contributed by atoms with Crippen LogP contribution in [0.1, 0.15) is 282 Å². The maximum atomic E-state index is 17.0. The maximum absolute atomic E-state index is 17.0. The lowest BCUT2D eigenvalue weighted by Gasteiger charge is -2.14. The predicted molar refractivity (Wildman–Crippen MR) is 440 cm³/mol. The molecule has 0 saturated heterocycles. The molecule has 2 aliphatic heterocycles. The second-order valence-electron chi connectivity index (χ2n) is 28.8. The van der Waals surface area contributed by atoms with Crippen LogP contribution < -0.4 is 0 Å². The summed E-state index contributed by atoms with van der Waals surface area (Å²) in [7, 11) is 0. The molecule has 12 rings (SSSR count). The Kier molecular flexibility index (Phi) is 26.8. The largest absolute Gasteiger partial charge is 0.274 e. The van der Waals surface area contributed by atoms with Crippen molar-refractivity contribution in [2.45, 2.75) is 248 Å². The highest BCUT2D eigenvalue weighted by atomic mass is 32.1. The summed E-state index contributed by atoms with van der Waals surface area (Å²) in [6, 6.07) is 24.0. The molecule has 0 radical (unpaired) electrons. The van der Waals surface area contributed by atoms with Crippen molar-refractivity contribution in [3.63, 3.8) is 0 Å². The Morgan fingerprint density at radius 2 is 0.716 bits per heavy atom. The van der Waals surface area contributed by atoms with E-state index in [9.17, 15) is 9.59 Å². The molecular weight excluding hydrogens is 1420 g/mol. The van der Waals surface area contributed by atoms with Crippen molar-refractivity contribution < 1.29 is 28.0 Å². The second-order valence-corrected chi connectivity index (χ2v) is 37.8. The van der Waals surface area contributed by atoms with Gasteiger partial charge in [-0.3, -0.25) is 29.0 Å². The van der Waals surface area contributed by atoms with Crippen molar-refractivity contribution in [3.8, 4) is 71.0 Å². The van der Waals surface area contributed by atoms with E-state index < -0.39 is 11.6 Å². The van der Waals surface area contributed by atoms with Gasteiger partial charge in [-0.2, -0.15) is 0 Å². The van der Waals surface area contributed by atoms with Gasteiger partial charge in [0, 0.05) is 109 Å². The first-order valence-corrected chi connectivity index (χ1v) is 45.1. The summed E-state index contributed by atoms with van der Waals surface area (Å²) in [5.41, 5.74) is 4.40. The Hall–Kier alpha value is -5.30. The van der Waals surface area contributed by atoms with Gasteiger partial charge in [-0.05, 0) is 124 Å². The average Bonchev–Trinajstić information content (AvgIpc) is 1.56. The number of imide groups is 2. The monoisotopic (exact) mass is 1520 g/mol. The lowest BCUT2D eigenvalue weighted by molar-refractivity contribution is 0.0636. The summed E-state index contributed by atoms with van der Waals surface area (Å²) in [6.07, 6.45) is 34.7. The van der Waals surface area contributed by atoms with Gasteiger partial charge in [0.25, 0.3) is 23.6 Å². The van der Waals surface area contributed by atoms with Crippen LogP contribution in [0.4, 0.5) is 8.78 Å². The molecule has 0 N–H and O–H groups in total. The molecule has 0 saturated carbocycles. The number of halogens is 2. The maximum Gasteiger partial charge on any atom is 0.263 e. The van der Waals surface area contributed by atoms with Crippen LogP contribution >= 0.6 is 90.7 Å². The molecule has 2 unspecified atom stereocenters. The topological polar surface area (TPSA) is 74.8 Å². The van der Waals surface area contributed by atoms with Crippen molar-refractivity contribution in [3.05, 3.63) is 126 Å². The number of fused-ring (bicyclic) bond motifs is 4. The SMILES string of the molecule is CCCCCCCCCCCCN1C(=O)c2c(C)sc(-c3ccc(-c4cc(F)c(-c5ccc(-c6sc(-c7cc8c(-c9ccc(CC(CC)CCCC)s9)c9sc(C)cc9c(-c9ccc(CC(CC)CCCC)s9)c8s7)c7c6C(=O)N(CCCCCCCCCCCC)C7=O)s5)cc4F)s3)c2C1=O. The van der Waals surface area contributed by atoms with Gasteiger partial charge >= 0.3 is 0 Å². The van der Waals surface area contributed by atoms with Crippen LogP contribution in [0.3, 0.4) is 0 Å². The minimum atomic E-state index is -0.594. The number of benzene rings is 2. The molecule has 6 nitrogen and oxygen atoms in total. The first kappa shape index (κ1) is 76.4. The van der Waals surface area contributed by atoms with Gasteiger partial charge in [0.2, 0.25) is 0 Å². The van der Waals surface area contributed by atoms with Crippen molar-refractivity contribution in [1.82, 2.24) is 9.80 Å². The quantitative estimate of drug-likeness (QED) is 0.0283. The summed E-state index contributed by atoms with van der Waals surface area (Å²) in [6.45, 7) is 18.5. The zero-order valence-corrected chi connectivity index (χ0v) is 67.8. The molecule has 102 heavy (non-hydrogen) atoms. The van der Waals surface area contributed by atoms with E-state index >= 15 is 18.4 Å². The molecule has 0 fully saturated rings. The van der Waals surface area contributed by atoms with Crippen molar-refractivity contribution in [2.24, 2.45) is 11.8 Å². The standard InChI is InChI=1S/C86H102F2N2O4S8/c1-9-15-19-21-23-25-27-29-31-33-45-89-83(91)72-54(8)96-80(75(72)84(89)92)69-43-41-65(99-69)59-50-64(88)60(51-63(59)87)66-42-44-70(100-66)81-76-77(86(94)90(85(76)93)46-34-32-30-28-26-24-22-20-16-10-2)82(102-81)71-52-62-74(68-40-38-58(98-68)49-56(14-6)36-18-12-4)78-61(47-53(7)95-78)73(79(62)101-71)67-39-37-57(97-67)48-55(13-5)35-17-11-3/h37-44,47,50-52,55-56H,9-36,45-46,48-49H2,1-8H3. The Morgan fingerprint density at radius 1 is 0.343 bits per heavy atom. The van der Waals surface area contributed by atoms with Crippen LogP contribution in [0.5, 0.6) is 0 Å². The Balaban J connectivity index is 0.874. The lowest BCUT2D eigenvalue weighted by atomic mass is 9.95. The van der Waals surface area contributed by atoms with Crippen molar-refractivity contribution in [2.75, 3.05) is 13.1 Å². The molecule has 0 aliphatic carbocycles. The number of hydrogen-bond donors (Lipinski definition) is 0. The van der Waals surface area contributed by atoms with E-state index in [1.54, 1.807) is 17.4 Å². The van der Waals surface area contributed by atoms with Gasteiger partial charge in [-0.1, -0.05) is 208 Å². The summed E-state index contributed by atoms with van der Waals surface area (Å²) >= 11 is 12.9. The molecule has 10 heterocycles. The zero-order chi connectivity index (χ0) is 71.6. The van der Waals surface area contributed by atoms with E-state index in [4.69, 9.17) is 0 Å². The summed E-state index contributed by atoms with van der Waals surface area (Å²) < 4.78 is 36.4. The number of rotatable bonds is 41. The van der Waals surface area contributed by atoms with E-state index in [1.165, 1.54) is 240 Å². The number of carbonyl (C=O) groups is 4. The highest BCUT2D eigenvalue weighted by Crippen LogP contribution is 2.57. The van der Waals surface area contributed by atoms with E-state index in [2.05, 4.69) is 84.9 Å². The minimum Gasteiger partial charge on any atom is -0.274 e. The number of unbranched alkanes of at least 4 members (excludes halogenated alkanes) is 20. The molecule has 0 spiro atoms. The zero-order valence-electron chi connectivity index (χ0n) is 61.3. The third-order valence-corrected chi connectivity index (χ3v) is 30.8. The first-order valence-electron chi connectivity index (χ1n) is 38.6. The Bertz CT molecular complexity index is 4450. The van der Waals surface area contributed by atoms with Crippen LogP contribution in [0, 0.1) is 37.3 Å².